The van der Waals surface area contributed by atoms with Gasteiger partial charge in [0.1, 0.15) is 0 Å². The molecule has 0 amide bonds. The molecule has 1 unspecified atom stereocenters. The van der Waals surface area contributed by atoms with Gasteiger partial charge in [-0.05, 0) is 0 Å². The van der Waals surface area contributed by atoms with Gasteiger partial charge in [-0.3, -0.25) is 0 Å². The van der Waals surface area contributed by atoms with Gasteiger partial charge in [0.05, 0.1) is 0 Å². The van der Waals surface area contributed by atoms with Gasteiger partial charge in [-0.2, -0.15) is 0 Å². The standard InChI is InChI=1S/C17H15.2ClH.Zr/c1-12-10-13(2)17-15(11-12)8-9-16(17)14-6-4-3-5-7-14;;;/h3-11H,1-2H3;2*1H;. The number of hydrogen-bond donors (Lipinski definition) is 0. The molecule has 0 nitrogen and oxygen atoms in total. The average molecular weight is 383 g/mol. The SMILES string of the molecule is Cc1cc(C)c2c(c1)C=C[C]2([Zr])c1ccccc1.Cl.Cl. The van der Waals surface area contributed by atoms with E-state index in [4.69, 9.17) is 0 Å². The van der Waals surface area contributed by atoms with Gasteiger partial charge in [-0.25, -0.2) is 0 Å². The number of aryl methyl sites for hydroxylation is 2. The summed E-state index contributed by atoms with van der Waals surface area (Å²) < 4.78 is 0.112. The summed E-state index contributed by atoms with van der Waals surface area (Å²) in [5, 5.41) is 0. The molecule has 0 bridgehead atoms. The molecule has 0 saturated carbocycles. The van der Waals surface area contributed by atoms with Crippen LogP contribution in [0.2, 0.25) is 0 Å². The third-order valence-electron chi connectivity index (χ3n) is 3.65. The Morgan fingerprint density at radius 2 is 1.60 bits per heavy atom. The van der Waals surface area contributed by atoms with Crippen LogP contribution in [0.1, 0.15) is 27.8 Å². The molecule has 1 aliphatic rings. The molecule has 0 saturated heterocycles. The van der Waals surface area contributed by atoms with Crippen LogP contribution in [-0.2, 0) is 27.8 Å². The molecule has 0 spiro atoms. The van der Waals surface area contributed by atoms with Crippen LogP contribution in [0, 0.1) is 13.8 Å². The molecule has 3 rings (SSSR count). The predicted octanol–water partition coefficient (Wildman–Crippen LogP) is 4.96. The summed E-state index contributed by atoms with van der Waals surface area (Å²) >= 11 is 1.53. The predicted molar refractivity (Wildman–Crippen MR) is 86.7 cm³/mol. The molecule has 0 heterocycles. The minimum absolute atomic E-state index is 0. The molecule has 0 fully saturated rings. The molecular weight excluding hydrogens is 366 g/mol. The van der Waals surface area contributed by atoms with Crippen molar-refractivity contribution in [2.24, 2.45) is 0 Å². The fraction of sp³-hybridized carbons (Fsp3) is 0.176. The quantitative estimate of drug-likeness (QED) is 0.653. The van der Waals surface area contributed by atoms with E-state index < -0.39 is 0 Å². The van der Waals surface area contributed by atoms with Crippen molar-refractivity contribution in [3.05, 3.63) is 76.4 Å². The summed E-state index contributed by atoms with van der Waals surface area (Å²) in [7, 11) is 0. The molecule has 0 N–H and O–H groups in total. The first-order valence-electron chi connectivity index (χ1n) is 6.23. The van der Waals surface area contributed by atoms with Gasteiger partial charge < -0.3 is 0 Å². The summed E-state index contributed by atoms with van der Waals surface area (Å²) in [5.74, 6) is 0. The largest absolute Gasteiger partial charge is 0.147 e. The van der Waals surface area contributed by atoms with E-state index >= 15 is 0 Å². The van der Waals surface area contributed by atoms with Crippen LogP contribution in [0.5, 0.6) is 0 Å². The van der Waals surface area contributed by atoms with E-state index in [9.17, 15) is 0 Å². The maximum absolute atomic E-state index is 2.37. The molecular formula is C17H17Cl2Zr. The van der Waals surface area contributed by atoms with Crippen LogP contribution < -0.4 is 0 Å². The number of halogens is 2. The molecule has 1 aliphatic carbocycles. The average Bonchev–Trinajstić information content (AvgIpc) is 2.69. The zero-order chi connectivity index (χ0) is 12.8. The van der Waals surface area contributed by atoms with Crippen molar-refractivity contribution in [2.45, 2.75) is 17.0 Å². The minimum Gasteiger partial charge on any atom is -0.147 e. The summed E-state index contributed by atoms with van der Waals surface area (Å²) in [6.07, 6.45) is 4.66. The zero-order valence-corrected chi connectivity index (χ0v) is 15.6. The molecule has 2 aromatic rings. The molecule has 3 heteroatoms. The first-order chi connectivity index (χ1) is 8.61. The van der Waals surface area contributed by atoms with Gasteiger partial charge in [-0.15, -0.1) is 24.8 Å². The Labute approximate surface area is 148 Å². The Morgan fingerprint density at radius 1 is 0.950 bits per heavy atom. The van der Waals surface area contributed by atoms with Crippen molar-refractivity contribution in [1.82, 2.24) is 0 Å². The maximum Gasteiger partial charge on any atom is -0.147 e. The Morgan fingerprint density at radius 3 is 2.25 bits per heavy atom. The topological polar surface area (TPSA) is 0 Å². The van der Waals surface area contributed by atoms with Crippen LogP contribution in [-0.4, -0.2) is 0 Å². The van der Waals surface area contributed by atoms with Crippen molar-refractivity contribution in [3.63, 3.8) is 0 Å². The normalized spacial score (nSPS) is 18.9. The number of allylic oxidation sites excluding steroid dienone is 1. The van der Waals surface area contributed by atoms with Crippen molar-refractivity contribution >= 4 is 30.9 Å². The second-order valence-electron chi connectivity index (χ2n) is 5.05. The summed E-state index contributed by atoms with van der Waals surface area (Å²) in [5.41, 5.74) is 7.07. The van der Waals surface area contributed by atoms with Gasteiger partial charge in [0.25, 0.3) is 0 Å². The van der Waals surface area contributed by atoms with Crippen molar-refractivity contribution in [3.8, 4) is 0 Å². The first-order valence-corrected chi connectivity index (χ1v) is 7.46. The monoisotopic (exact) mass is 381 g/mol. The maximum atomic E-state index is 2.37. The Hall–Kier alpha value is -0.357. The van der Waals surface area contributed by atoms with Crippen LogP contribution in [0.3, 0.4) is 0 Å². The summed E-state index contributed by atoms with van der Waals surface area (Å²) in [4.78, 5) is 0. The molecule has 0 aliphatic heterocycles. The van der Waals surface area contributed by atoms with E-state index in [-0.39, 0.29) is 27.9 Å². The Kier molecular flexibility index (Phi) is 5.84. The molecule has 2 aromatic carbocycles. The van der Waals surface area contributed by atoms with E-state index in [2.05, 4.69) is 68.5 Å². The molecule has 20 heavy (non-hydrogen) atoms. The fourth-order valence-electron chi connectivity index (χ4n) is 2.91. The van der Waals surface area contributed by atoms with E-state index in [0.717, 1.165) is 0 Å². The fourth-order valence-corrected chi connectivity index (χ4v) is 4.36. The van der Waals surface area contributed by atoms with Crippen molar-refractivity contribution in [1.29, 1.82) is 0 Å². The van der Waals surface area contributed by atoms with E-state index in [1.807, 2.05) is 0 Å². The molecule has 103 valence electrons. The minimum atomic E-state index is 0. The second kappa shape index (κ2) is 6.60. The molecule has 0 radical (unpaired) electrons. The number of rotatable bonds is 1. The van der Waals surface area contributed by atoms with E-state index in [1.54, 1.807) is 0 Å². The van der Waals surface area contributed by atoms with Crippen molar-refractivity contribution in [2.75, 3.05) is 0 Å². The number of benzene rings is 2. The van der Waals surface area contributed by atoms with E-state index in [1.165, 1.54) is 52.5 Å². The van der Waals surface area contributed by atoms with Crippen LogP contribution >= 0.6 is 24.8 Å². The summed E-state index contributed by atoms with van der Waals surface area (Å²) in [6, 6.07) is 15.4. The van der Waals surface area contributed by atoms with Crippen LogP contribution in [0.25, 0.3) is 6.08 Å². The van der Waals surface area contributed by atoms with Gasteiger partial charge in [-0.1, -0.05) is 0 Å². The van der Waals surface area contributed by atoms with Crippen molar-refractivity contribution < 1.29 is 24.7 Å². The first kappa shape index (κ1) is 17.7. The third kappa shape index (κ3) is 2.82. The number of hydrogen-bond acceptors (Lipinski definition) is 0. The van der Waals surface area contributed by atoms with Gasteiger partial charge in [0.2, 0.25) is 0 Å². The zero-order valence-electron chi connectivity index (χ0n) is 11.5. The van der Waals surface area contributed by atoms with Crippen LogP contribution in [0.15, 0.2) is 48.5 Å². The Balaban J connectivity index is 0.000001000. The third-order valence-corrected chi connectivity index (χ3v) is 5.38. The van der Waals surface area contributed by atoms with Gasteiger partial charge in [0.15, 0.2) is 0 Å². The summed E-state index contributed by atoms with van der Waals surface area (Å²) in [6.45, 7) is 4.41. The number of fused-ring (bicyclic) bond motifs is 1. The molecule has 0 aromatic heterocycles. The second-order valence-corrected chi connectivity index (χ2v) is 6.99. The van der Waals surface area contributed by atoms with Gasteiger partial charge >= 0.3 is 124 Å². The smallest absolute Gasteiger partial charge is 0.147 e. The Bertz CT molecular complexity index is 635. The molecule has 1 atom stereocenters. The van der Waals surface area contributed by atoms with Gasteiger partial charge in [0, 0.05) is 0 Å². The van der Waals surface area contributed by atoms with E-state index in [0.29, 0.717) is 0 Å². The van der Waals surface area contributed by atoms with Crippen LogP contribution in [0.4, 0.5) is 0 Å².